The lowest BCUT2D eigenvalue weighted by Gasteiger charge is -2.22. The Hall–Kier alpha value is -4.04. The zero-order valence-electron chi connectivity index (χ0n) is 21.4. The lowest BCUT2D eigenvalue weighted by atomic mass is 10.0. The van der Waals surface area contributed by atoms with Crippen LogP contribution in [0.25, 0.3) is 22.0 Å². The van der Waals surface area contributed by atoms with Crippen molar-refractivity contribution in [3.05, 3.63) is 107 Å². The van der Waals surface area contributed by atoms with Crippen LogP contribution < -0.4 is 0 Å². The molecule has 0 saturated heterocycles. The summed E-state index contributed by atoms with van der Waals surface area (Å²) in [5.74, 6) is 0.224. The van der Waals surface area contributed by atoms with Gasteiger partial charge in [0.05, 0.1) is 11.2 Å². The van der Waals surface area contributed by atoms with Crippen molar-refractivity contribution in [3.63, 3.8) is 0 Å². The van der Waals surface area contributed by atoms with E-state index in [-0.39, 0.29) is 23.0 Å². The fraction of sp³-hybridized carbons (Fsp3) is 0.200. The average molecular weight is 527 g/mol. The number of ketones is 1. The molecule has 0 N–H and O–H groups in total. The fourth-order valence-electron chi connectivity index (χ4n) is 5.14. The third-order valence-corrected chi connectivity index (χ3v) is 8.30. The maximum Gasteiger partial charge on any atom is 0.328 e. The maximum atomic E-state index is 14.0. The smallest absolute Gasteiger partial charge is 0.328 e. The molecule has 2 aromatic carbocycles. The van der Waals surface area contributed by atoms with Crippen molar-refractivity contribution in [2.45, 2.75) is 11.1 Å². The normalized spacial score (nSPS) is 16.6. The van der Waals surface area contributed by atoms with E-state index < -0.39 is 0 Å². The Labute approximate surface area is 224 Å². The summed E-state index contributed by atoms with van der Waals surface area (Å²) >= 11 is 1.79. The van der Waals surface area contributed by atoms with Crippen molar-refractivity contribution < 1.29 is 14.0 Å². The molecular formula is C30H27FN4O2S. The van der Waals surface area contributed by atoms with Gasteiger partial charge in [0.2, 0.25) is 5.78 Å². The molecule has 4 aromatic rings. The molecule has 6 nitrogen and oxygen atoms in total. The van der Waals surface area contributed by atoms with Gasteiger partial charge in [0.15, 0.2) is 0 Å². The van der Waals surface area contributed by atoms with E-state index in [1.165, 1.54) is 27.2 Å². The number of allylic oxidation sites excluding steroid dienone is 1. The highest BCUT2D eigenvalue weighted by atomic mass is 32.2. The van der Waals surface area contributed by atoms with E-state index in [1.54, 1.807) is 44.1 Å². The Kier molecular flexibility index (Phi) is 5.99. The zero-order chi connectivity index (χ0) is 26.6. The van der Waals surface area contributed by atoms with Crippen LogP contribution >= 0.6 is 11.8 Å². The fourth-order valence-corrected chi connectivity index (χ4v) is 6.45. The number of amides is 1. The third kappa shape index (κ3) is 4.05. The number of carbonyl (C=O) groups is 2. The SMILES string of the molecule is CN1C=C(C2SCc3c(C(=O)c4cc5ccc(-c6ccc(F)cc6)cc5n4C(=O)N(C)C)ccn32)C=CC1. The van der Waals surface area contributed by atoms with Crippen LogP contribution in [0.4, 0.5) is 9.18 Å². The number of likely N-dealkylation sites (N-methyl/N-ethyl adjacent to an activating group) is 1. The van der Waals surface area contributed by atoms with Crippen molar-refractivity contribution in [1.29, 1.82) is 0 Å². The summed E-state index contributed by atoms with van der Waals surface area (Å²) in [6, 6.07) is 15.3. The molecule has 192 valence electrons. The minimum Gasteiger partial charge on any atom is -0.376 e. The largest absolute Gasteiger partial charge is 0.376 e. The topological polar surface area (TPSA) is 50.5 Å². The molecule has 2 aliphatic rings. The molecule has 1 amide bonds. The van der Waals surface area contributed by atoms with E-state index >= 15 is 0 Å². The van der Waals surface area contributed by atoms with E-state index in [2.05, 4.69) is 34.9 Å². The number of thioether (sulfide) groups is 1. The van der Waals surface area contributed by atoms with Crippen LogP contribution in [0.5, 0.6) is 0 Å². The maximum absolute atomic E-state index is 14.0. The van der Waals surface area contributed by atoms with Crippen LogP contribution in [0.2, 0.25) is 0 Å². The van der Waals surface area contributed by atoms with Gasteiger partial charge in [0.25, 0.3) is 0 Å². The van der Waals surface area contributed by atoms with Gasteiger partial charge in [-0.2, -0.15) is 0 Å². The molecule has 0 spiro atoms. The molecule has 0 aliphatic carbocycles. The summed E-state index contributed by atoms with van der Waals surface area (Å²) in [5, 5.41) is 0.899. The zero-order valence-corrected chi connectivity index (χ0v) is 22.2. The van der Waals surface area contributed by atoms with E-state index in [4.69, 9.17) is 0 Å². The van der Waals surface area contributed by atoms with Gasteiger partial charge in [0, 0.05) is 68.1 Å². The predicted molar refractivity (Wildman–Crippen MR) is 150 cm³/mol. The number of fused-ring (bicyclic) bond motifs is 2. The number of benzene rings is 2. The van der Waals surface area contributed by atoms with Crippen molar-refractivity contribution in [2.75, 3.05) is 27.7 Å². The van der Waals surface area contributed by atoms with Crippen LogP contribution in [-0.2, 0) is 5.75 Å². The highest BCUT2D eigenvalue weighted by molar-refractivity contribution is 7.99. The number of nitrogens with zero attached hydrogens (tertiary/aromatic N) is 4. The molecule has 1 unspecified atom stereocenters. The lowest BCUT2D eigenvalue weighted by molar-refractivity contribution is 0.103. The first-order valence-electron chi connectivity index (χ1n) is 12.4. The number of hydrogen-bond acceptors (Lipinski definition) is 4. The Morgan fingerprint density at radius 2 is 1.79 bits per heavy atom. The summed E-state index contributed by atoms with van der Waals surface area (Å²) < 4.78 is 17.1. The van der Waals surface area contributed by atoms with Crippen LogP contribution in [0.3, 0.4) is 0 Å². The van der Waals surface area contributed by atoms with Crippen LogP contribution in [0.1, 0.15) is 27.1 Å². The quantitative estimate of drug-likeness (QED) is 0.300. The Morgan fingerprint density at radius 3 is 2.53 bits per heavy atom. The molecular weight excluding hydrogens is 499 g/mol. The second-order valence-electron chi connectivity index (χ2n) is 9.87. The van der Waals surface area contributed by atoms with Gasteiger partial charge in [0.1, 0.15) is 11.2 Å². The van der Waals surface area contributed by atoms with Crippen molar-refractivity contribution in [3.8, 4) is 11.1 Å². The van der Waals surface area contributed by atoms with E-state index in [0.717, 1.165) is 28.8 Å². The first-order valence-corrected chi connectivity index (χ1v) is 13.4. The van der Waals surface area contributed by atoms with Crippen molar-refractivity contribution in [1.82, 2.24) is 18.9 Å². The minimum absolute atomic E-state index is 0.109. The molecule has 6 rings (SSSR count). The minimum atomic E-state index is -0.308. The standard InChI is InChI=1S/C30H27FN4O2S/c1-32(2)30(37)35-25-15-20(19-8-10-23(31)11-9-19)6-7-21(25)16-26(35)28(36)24-12-14-34-27(24)18-38-29(34)22-5-4-13-33(3)17-22/h4-12,14-17,29H,13,18H2,1-3H3. The first-order chi connectivity index (χ1) is 18.3. The van der Waals surface area contributed by atoms with E-state index in [1.807, 2.05) is 30.5 Å². The summed E-state index contributed by atoms with van der Waals surface area (Å²) in [7, 11) is 5.40. The number of carbonyl (C=O) groups excluding carboxylic acids is 2. The van der Waals surface area contributed by atoms with Crippen LogP contribution in [0, 0.1) is 5.82 Å². The number of halogens is 1. The highest BCUT2D eigenvalue weighted by Crippen LogP contribution is 2.44. The van der Waals surface area contributed by atoms with Gasteiger partial charge in [-0.15, -0.1) is 11.8 Å². The average Bonchev–Trinajstić information content (AvgIpc) is 3.61. The molecule has 8 heteroatoms. The van der Waals surface area contributed by atoms with E-state index in [9.17, 15) is 14.0 Å². The molecule has 0 radical (unpaired) electrons. The van der Waals surface area contributed by atoms with Crippen molar-refractivity contribution >= 4 is 34.5 Å². The molecule has 2 aromatic heterocycles. The van der Waals surface area contributed by atoms with Gasteiger partial charge in [-0.3, -0.25) is 9.36 Å². The summed E-state index contributed by atoms with van der Waals surface area (Å²) in [6.07, 6.45) is 8.43. The predicted octanol–water partition coefficient (Wildman–Crippen LogP) is 6.14. The van der Waals surface area contributed by atoms with Gasteiger partial charge >= 0.3 is 6.03 Å². The van der Waals surface area contributed by atoms with Crippen molar-refractivity contribution in [2.24, 2.45) is 0 Å². The van der Waals surface area contributed by atoms with Gasteiger partial charge in [-0.25, -0.2) is 9.18 Å². The number of rotatable bonds is 4. The Bertz CT molecular complexity index is 1640. The van der Waals surface area contributed by atoms with E-state index in [0.29, 0.717) is 22.5 Å². The molecule has 0 saturated carbocycles. The third-order valence-electron chi connectivity index (χ3n) is 7.05. The first kappa shape index (κ1) is 24.3. The van der Waals surface area contributed by atoms with Gasteiger partial charge in [-0.05, 0) is 41.5 Å². The molecule has 0 fully saturated rings. The molecule has 0 bridgehead atoms. The summed E-state index contributed by atoms with van der Waals surface area (Å²) in [6.45, 7) is 0.885. The monoisotopic (exact) mass is 526 g/mol. The second kappa shape index (κ2) is 9.36. The number of aromatic nitrogens is 2. The lowest BCUT2D eigenvalue weighted by Crippen LogP contribution is -2.29. The second-order valence-corrected chi connectivity index (χ2v) is 10.9. The van der Waals surface area contributed by atoms with Crippen LogP contribution in [0.15, 0.2) is 84.7 Å². The van der Waals surface area contributed by atoms with Crippen LogP contribution in [-0.4, -0.2) is 58.4 Å². The summed E-state index contributed by atoms with van der Waals surface area (Å²) in [5.41, 5.74) is 5.41. The van der Waals surface area contributed by atoms with Gasteiger partial charge < -0.3 is 14.4 Å². The number of hydrogen-bond donors (Lipinski definition) is 0. The Balaban J connectivity index is 1.43. The Morgan fingerprint density at radius 1 is 1.03 bits per heavy atom. The highest BCUT2D eigenvalue weighted by Gasteiger charge is 2.32. The molecule has 1 atom stereocenters. The molecule has 4 heterocycles. The summed E-state index contributed by atoms with van der Waals surface area (Å²) in [4.78, 5) is 31.0. The molecule has 38 heavy (non-hydrogen) atoms. The molecule has 2 aliphatic heterocycles. The van der Waals surface area contributed by atoms with Gasteiger partial charge in [-0.1, -0.05) is 36.4 Å².